The molecule has 0 aliphatic carbocycles. The van der Waals surface area contributed by atoms with Crippen LogP contribution in [-0.2, 0) is 14.2 Å². The summed E-state index contributed by atoms with van der Waals surface area (Å²) in [6.07, 6.45) is 0.111. The van der Waals surface area contributed by atoms with Gasteiger partial charge in [0.2, 0.25) is 6.79 Å². The van der Waals surface area contributed by atoms with Crippen LogP contribution in [0.1, 0.15) is 0 Å². The third-order valence-corrected chi connectivity index (χ3v) is 0.951. The van der Waals surface area contributed by atoms with Crippen LogP contribution in [0.15, 0.2) is 0 Å². The highest BCUT2D eigenvalue weighted by atomic mass is 16.7. The number of ether oxygens (including phenoxy) is 3. The Hall–Kier alpha value is -0.120. The Morgan fingerprint density at radius 2 is 2.75 bits per heavy atom. The van der Waals surface area contributed by atoms with E-state index < -0.39 is 0 Å². The Labute approximate surface area is 48.5 Å². The minimum atomic E-state index is 0.111. The first kappa shape index (κ1) is 6.01. The van der Waals surface area contributed by atoms with Gasteiger partial charge in [0.1, 0.15) is 6.10 Å². The highest BCUT2D eigenvalue weighted by Gasteiger charge is 2.15. The predicted molar refractivity (Wildman–Crippen MR) is 27.0 cm³/mol. The van der Waals surface area contributed by atoms with Crippen molar-refractivity contribution in [2.75, 3.05) is 20.3 Å². The Bertz CT molecular complexity index is 58.7. The van der Waals surface area contributed by atoms with Crippen LogP contribution in [0.3, 0.4) is 0 Å². The molecule has 1 atom stereocenters. The molecular formula is C5H9O3. The molecule has 1 heterocycles. The summed E-state index contributed by atoms with van der Waals surface area (Å²) >= 11 is 0. The molecule has 1 rings (SSSR count). The number of hydrogen-bond donors (Lipinski definition) is 0. The van der Waals surface area contributed by atoms with Gasteiger partial charge in [-0.2, -0.15) is 0 Å². The molecule has 3 nitrogen and oxygen atoms in total. The van der Waals surface area contributed by atoms with Gasteiger partial charge in [0.15, 0.2) is 0 Å². The molecule has 3 heteroatoms. The molecule has 0 aromatic heterocycles. The van der Waals surface area contributed by atoms with E-state index >= 15 is 0 Å². The van der Waals surface area contributed by atoms with Crippen LogP contribution in [-0.4, -0.2) is 26.4 Å². The normalized spacial score (nSPS) is 28.9. The van der Waals surface area contributed by atoms with E-state index in [0.29, 0.717) is 13.2 Å². The van der Waals surface area contributed by atoms with E-state index in [4.69, 9.17) is 14.2 Å². The Morgan fingerprint density at radius 1 is 1.88 bits per heavy atom. The SMILES string of the molecule is COCC1CO[CH]O1. The maximum Gasteiger partial charge on any atom is 0.209 e. The minimum Gasteiger partial charge on any atom is -0.382 e. The summed E-state index contributed by atoms with van der Waals surface area (Å²) in [6.45, 7) is 2.58. The second kappa shape index (κ2) is 3.02. The molecule has 0 spiro atoms. The molecule has 0 bridgehead atoms. The third-order valence-electron chi connectivity index (χ3n) is 0.951. The largest absolute Gasteiger partial charge is 0.382 e. The molecule has 1 saturated heterocycles. The van der Waals surface area contributed by atoms with E-state index in [2.05, 4.69) is 0 Å². The van der Waals surface area contributed by atoms with Gasteiger partial charge in [-0.1, -0.05) is 0 Å². The smallest absolute Gasteiger partial charge is 0.209 e. The van der Waals surface area contributed by atoms with Gasteiger partial charge in [-0.3, -0.25) is 0 Å². The van der Waals surface area contributed by atoms with Crippen LogP contribution in [0.5, 0.6) is 0 Å². The quantitative estimate of drug-likeness (QED) is 0.516. The van der Waals surface area contributed by atoms with Gasteiger partial charge in [-0.05, 0) is 0 Å². The molecule has 8 heavy (non-hydrogen) atoms. The van der Waals surface area contributed by atoms with Gasteiger partial charge in [-0.25, -0.2) is 0 Å². The van der Waals surface area contributed by atoms with Crippen molar-refractivity contribution < 1.29 is 14.2 Å². The van der Waals surface area contributed by atoms with Gasteiger partial charge in [0, 0.05) is 7.11 Å². The second-order valence-corrected chi connectivity index (χ2v) is 1.64. The zero-order chi connectivity index (χ0) is 5.82. The van der Waals surface area contributed by atoms with Crippen molar-refractivity contribution in [2.45, 2.75) is 6.10 Å². The molecule has 0 N–H and O–H groups in total. The Balaban J connectivity index is 2.06. The first-order valence-electron chi connectivity index (χ1n) is 2.51. The van der Waals surface area contributed by atoms with Crippen molar-refractivity contribution in [1.82, 2.24) is 0 Å². The number of hydrogen-bond acceptors (Lipinski definition) is 3. The Morgan fingerprint density at radius 3 is 3.25 bits per heavy atom. The van der Waals surface area contributed by atoms with Gasteiger partial charge in [0.05, 0.1) is 13.2 Å². The third kappa shape index (κ3) is 1.43. The van der Waals surface area contributed by atoms with Crippen LogP contribution in [0.25, 0.3) is 0 Å². The van der Waals surface area contributed by atoms with E-state index in [-0.39, 0.29) is 6.10 Å². The molecule has 0 aromatic rings. The van der Waals surface area contributed by atoms with Crippen molar-refractivity contribution in [1.29, 1.82) is 0 Å². The standard InChI is InChI=1S/C5H9O3/c1-6-2-5-3-7-4-8-5/h4-5H,2-3H2,1H3. The molecule has 0 saturated carbocycles. The van der Waals surface area contributed by atoms with Gasteiger partial charge in [0.25, 0.3) is 0 Å². The fraction of sp³-hybridized carbons (Fsp3) is 0.800. The zero-order valence-corrected chi connectivity index (χ0v) is 4.79. The van der Waals surface area contributed by atoms with Gasteiger partial charge < -0.3 is 14.2 Å². The monoisotopic (exact) mass is 117 g/mol. The molecule has 1 unspecified atom stereocenters. The number of rotatable bonds is 2. The summed E-state index contributed by atoms with van der Waals surface area (Å²) in [5.41, 5.74) is 0. The van der Waals surface area contributed by atoms with E-state index in [1.165, 1.54) is 6.79 Å². The summed E-state index contributed by atoms with van der Waals surface area (Å²) in [6, 6.07) is 0. The first-order chi connectivity index (χ1) is 3.93. The Kier molecular flexibility index (Phi) is 2.27. The molecule has 0 amide bonds. The lowest BCUT2D eigenvalue weighted by Crippen LogP contribution is -2.15. The first-order valence-corrected chi connectivity index (χ1v) is 2.51. The molecular weight excluding hydrogens is 108 g/mol. The average molecular weight is 117 g/mol. The van der Waals surface area contributed by atoms with Crippen molar-refractivity contribution in [3.63, 3.8) is 0 Å². The zero-order valence-electron chi connectivity index (χ0n) is 4.79. The van der Waals surface area contributed by atoms with Gasteiger partial charge >= 0.3 is 0 Å². The molecule has 1 fully saturated rings. The highest BCUT2D eigenvalue weighted by molar-refractivity contribution is 4.61. The summed E-state index contributed by atoms with van der Waals surface area (Å²) in [7, 11) is 1.64. The van der Waals surface area contributed by atoms with Crippen molar-refractivity contribution in [3.8, 4) is 0 Å². The summed E-state index contributed by atoms with van der Waals surface area (Å²) in [5, 5.41) is 0. The lowest BCUT2D eigenvalue weighted by molar-refractivity contribution is 0.0619. The van der Waals surface area contributed by atoms with Crippen LogP contribution >= 0.6 is 0 Å². The highest BCUT2D eigenvalue weighted by Crippen LogP contribution is 2.05. The fourth-order valence-electron chi connectivity index (χ4n) is 0.577. The average Bonchev–Trinajstić information content (AvgIpc) is 2.19. The topological polar surface area (TPSA) is 27.7 Å². The van der Waals surface area contributed by atoms with Gasteiger partial charge in [-0.15, -0.1) is 0 Å². The molecule has 47 valence electrons. The van der Waals surface area contributed by atoms with E-state index in [0.717, 1.165) is 0 Å². The maximum atomic E-state index is 4.92. The number of methoxy groups -OCH3 is 1. The molecule has 1 aliphatic rings. The summed E-state index contributed by atoms with van der Waals surface area (Å²) in [4.78, 5) is 0. The van der Waals surface area contributed by atoms with Crippen LogP contribution in [0.2, 0.25) is 0 Å². The molecule has 1 radical (unpaired) electrons. The second-order valence-electron chi connectivity index (χ2n) is 1.64. The molecule has 1 aliphatic heterocycles. The van der Waals surface area contributed by atoms with Crippen molar-refractivity contribution >= 4 is 0 Å². The molecule has 0 aromatic carbocycles. The van der Waals surface area contributed by atoms with Crippen LogP contribution in [0, 0.1) is 6.79 Å². The predicted octanol–water partition coefficient (Wildman–Crippen LogP) is 0.167. The summed E-state index contributed by atoms with van der Waals surface area (Å²) < 4.78 is 14.5. The minimum absolute atomic E-state index is 0.111. The van der Waals surface area contributed by atoms with Crippen LogP contribution in [0.4, 0.5) is 0 Å². The lowest BCUT2D eigenvalue weighted by Gasteiger charge is -2.02. The van der Waals surface area contributed by atoms with Crippen molar-refractivity contribution in [2.24, 2.45) is 0 Å². The van der Waals surface area contributed by atoms with E-state index in [1.807, 2.05) is 0 Å². The van der Waals surface area contributed by atoms with Crippen LogP contribution < -0.4 is 0 Å². The van der Waals surface area contributed by atoms with E-state index in [9.17, 15) is 0 Å². The maximum absolute atomic E-state index is 4.92. The fourth-order valence-corrected chi connectivity index (χ4v) is 0.577. The van der Waals surface area contributed by atoms with E-state index in [1.54, 1.807) is 7.11 Å². The lowest BCUT2D eigenvalue weighted by atomic mass is 10.4. The van der Waals surface area contributed by atoms with Crippen molar-refractivity contribution in [3.05, 3.63) is 6.79 Å². The summed E-state index contributed by atoms with van der Waals surface area (Å²) in [5.74, 6) is 0.